The van der Waals surface area contributed by atoms with Crippen LogP contribution in [0, 0.1) is 0 Å². The number of hydrogen-bond donors (Lipinski definition) is 0. The molecule has 0 unspecified atom stereocenters. The third-order valence-electron chi connectivity index (χ3n) is 5.74. The third-order valence-corrected chi connectivity index (χ3v) is 6.50. The average molecular weight is 423 g/mol. The summed E-state index contributed by atoms with van der Waals surface area (Å²) in [6.45, 7) is 7.28. The standard InChI is InChI=1S/C23H26N4O2S/c1-23(2,18-8-4-3-5-9-18)21(28)26-14-12-25(13-15-26)17-27-20(16-30-22(27)29)19-10-6-7-11-24-19/h3-11,16H,12-15,17H2,1-2H3. The minimum Gasteiger partial charge on any atom is -0.339 e. The molecule has 4 rings (SSSR count). The van der Waals surface area contributed by atoms with Gasteiger partial charge in [0, 0.05) is 37.8 Å². The van der Waals surface area contributed by atoms with Crippen molar-refractivity contribution >= 4 is 17.2 Å². The molecule has 0 spiro atoms. The highest BCUT2D eigenvalue weighted by atomic mass is 32.1. The van der Waals surface area contributed by atoms with Crippen molar-refractivity contribution in [2.75, 3.05) is 26.2 Å². The molecule has 3 aromatic rings. The molecule has 1 fully saturated rings. The Balaban J connectivity index is 1.42. The highest BCUT2D eigenvalue weighted by molar-refractivity contribution is 7.07. The summed E-state index contributed by atoms with van der Waals surface area (Å²) in [5.74, 6) is 0.148. The van der Waals surface area contributed by atoms with Crippen LogP contribution in [0.25, 0.3) is 11.4 Å². The largest absolute Gasteiger partial charge is 0.339 e. The maximum Gasteiger partial charge on any atom is 0.308 e. The van der Waals surface area contributed by atoms with Gasteiger partial charge in [0.05, 0.1) is 23.5 Å². The fraction of sp³-hybridized carbons (Fsp3) is 0.348. The van der Waals surface area contributed by atoms with Crippen LogP contribution in [-0.2, 0) is 16.9 Å². The number of piperazine rings is 1. The van der Waals surface area contributed by atoms with E-state index in [0.29, 0.717) is 19.8 Å². The fourth-order valence-electron chi connectivity index (χ4n) is 3.84. The van der Waals surface area contributed by atoms with E-state index < -0.39 is 5.41 Å². The van der Waals surface area contributed by atoms with Crippen LogP contribution in [0.1, 0.15) is 19.4 Å². The predicted octanol–water partition coefficient (Wildman–Crippen LogP) is 3.05. The normalized spacial score (nSPS) is 15.3. The van der Waals surface area contributed by atoms with Crippen molar-refractivity contribution in [3.8, 4) is 11.4 Å². The molecule has 0 aliphatic carbocycles. The molecule has 1 aromatic carbocycles. The van der Waals surface area contributed by atoms with E-state index >= 15 is 0 Å². The van der Waals surface area contributed by atoms with E-state index in [-0.39, 0.29) is 10.8 Å². The molecule has 1 amide bonds. The molecule has 0 atom stereocenters. The first-order valence-corrected chi connectivity index (χ1v) is 11.0. The number of thiazole rings is 1. The second-order valence-corrected chi connectivity index (χ2v) is 8.89. The van der Waals surface area contributed by atoms with E-state index in [4.69, 9.17) is 0 Å². The molecule has 0 bridgehead atoms. The minimum atomic E-state index is -0.556. The van der Waals surface area contributed by atoms with Gasteiger partial charge in [-0.1, -0.05) is 47.7 Å². The Kier molecular flexibility index (Phi) is 5.83. The number of rotatable bonds is 5. The van der Waals surface area contributed by atoms with Gasteiger partial charge >= 0.3 is 4.87 Å². The molecule has 2 aromatic heterocycles. The topological polar surface area (TPSA) is 58.4 Å². The van der Waals surface area contributed by atoms with Crippen LogP contribution in [-0.4, -0.2) is 51.4 Å². The molecule has 6 nitrogen and oxygen atoms in total. The molecule has 30 heavy (non-hydrogen) atoms. The zero-order valence-electron chi connectivity index (χ0n) is 17.3. The number of hydrogen-bond acceptors (Lipinski definition) is 5. The highest BCUT2D eigenvalue weighted by Crippen LogP contribution is 2.26. The number of nitrogens with zero attached hydrogens (tertiary/aromatic N) is 4. The van der Waals surface area contributed by atoms with Crippen LogP contribution in [0.3, 0.4) is 0 Å². The average Bonchev–Trinajstić information content (AvgIpc) is 3.15. The van der Waals surface area contributed by atoms with Crippen molar-refractivity contribution in [1.29, 1.82) is 0 Å². The Hall–Kier alpha value is -2.77. The number of carbonyl (C=O) groups excluding carboxylic acids is 1. The van der Waals surface area contributed by atoms with Gasteiger partial charge in [-0.25, -0.2) is 0 Å². The van der Waals surface area contributed by atoms with Crippen molar-refractivity contribution in [3.05, 3.63) is 75.3 Å². The summed E-state index contributed by atoms with van der Waals surface area (Å²) >= 11 is 1.20. The SMILES string of the molecule is CC(C)(C(=O)N1CCN(Cn2c(-c3ccccn3)csc2=O)CC1)c1ccccc1. The van der Waals surface area contributed by atoms with E-state index in [1.165, 1.54) is 11.3 Å². The van der Waals surface area contributed by atoms with Crippen LogP contribution < -0.4 is 4.87 Å². The second-order valence-electron chi connectivity index (χ2n) is 8.07. The lowest BCUT2D eigenvalue weighted by Gasteiger charge is -2.38. The zero-order chi connectivity index (χ0) is 21.1. The van der Waals surface area contributed by atoms with Crippen LogP contribution in [0.5, 0.6) is 0 Å². The molecule has 1 aliphatic rings. The van der Waals surface area contributed by atoms with Gasteiger partial charge in [0.15, 0.2) is 0 Å². The number of carbonyl (C=O) groups is 1. The van der Waals surface area contributed by atoms with Gasteiger partial charge in [0.25, 0.3) is 0 Å². The van der Waals surface area contributed by atoms with E-state index in [1.54, 1.807) is 10.8 Å². The summed E-state index contributed by atoms with van der Waals surface area (Å²) in [5.41, 5.74) is 2.12. The summed E-state index contributed by atoms with van der Waals surface area (Å²) < 4.78 is 1.78. The number of aromatic nitrogens is 2. The molecule has 1 aliphatic heterocycles. The molecule has 156 valence electrons. The first kappa shape index (κ1) is 20.5. The Morgan fingerprint density at radius 2 is 1.73 bits per heavy atom. The Morgan fingerprint density at radius 3 is 2.40 bits per heavy atom. The molecular weight excluding hydrogens is 396 g/mol. The maximum atomic E-state index is 13.2. The molecular formula is C23H26N4O2S. The lowest BCUT2D eigenvalue weighted by Crippen LogP contribution is -2.53. The highest BCUT2D eigenvalue weighted by Gasteiger charge is 2.35. The quantitative estimate of drug-likeness (QED) is 0.634. The van der Waals surface area contributed by atoms with Crippen molar-refractivity contribution in [3.63, 3.8) is 0 Å². The van der Waals surface area contributed by atoms with Crippen molar-refractivity contribution in [1.82, 2.24) is 19.4 Å². The molecule has 0 N–H and O–H groups in total. The number of benzene rings is 1. The first-order chi connectivity index (χ1) is 14.5. The van der Waals surface area contributed by atoms with Gasteiger partial charge in [0.1, 0.15) is 0 Å². The second kappa shape index (κ2) is 8.53. The van der Waals surface area contributed by atoms with Crippen LogP contribution in [0.2, 0.25) is 0 Å². The maximum absolute atomic E-state index is 13.2. The van der Waals surface area contributed by atoms with E-state index in [9.17, 15) is 9.59 Å². The van der Waals surface area contributed by atoms with Crippen molar-refractivity contribution in [2.45, 2.75) is 25.9 Å². The molecule has 0 radical (unpaired) electrons. The van der Waals surface area contributed by atoms with Crippen LogP contribution in [0.15, 0.2) is 64.9 Å². The number of pyridine rings is 1. The van der Waals surface area contributed by atoms with Gasteiger partial charge in [-0.3, -0.25) is 24.0 Å². The van der Waals surface area contributed by atoms with Gasteiger partial charge in [-0.15, -0.1) is 0 Å². The molecule has 0 saturated carbocycles. The number of amides is 1. The molecule has 1 saturated heterocycles. The molecule has 7 heteroatoms. The lowest BCUT2D eigenvalue weighted by molar-refractivity contribution is -0.138. The van der Waals surface area contributed by atoms with Gasteiger partial charge in [-0.2, -0.15) is 0 Å². The smallest absolute Gasteiger partial charge is 0.308 e. The van der Waals surface area contributed by atoms with E-state index in [1.807, 2.05) is 72.7 Å². The fourth-order valence-corrected chi connectivity index (χ4v) is 4.59. The van der Waals surface area contributed by atoms with E-state index in [0.717, 1.165) is 30.0 Å². The van der Waals surface area contributed by atoms with Crippen molar-refractivity contribution in [2.24, 2.45) is 0 Å². The van der Waals surface area contributed by atoms with E-state index in [2.05, 4.69) is 9.88 Å². The monoisotopic (exact) mass is 422 g/mol. The summed E-state index contributed by atoms with van der Waals surface area (Å²) in [7, 11) is 0. The summed E-state index contributed by atoms with van der Waals surface area (Å²) in [4.78, 5) is 34.2. The van der Waals surface area contributed by atoms with Gasteiger partial charge in [0.2, 0.25) is 5.91 Å². The predicted molar refractivity (Wildman–Crippen MR) is 119 cm³/mol. The molecule has 3 heterocycles. The van der Waals surface area contributed by atoms with Crippen LogP contribution in [0.4, 0.5) is 0 Å². The van der Waals surface area contributed by atoms with Crippen molar-refractivity contribution < 1.29 is 4.79 Å². The van der Waals surface area contributed by atoms with Gasteiger partial charge in [-0.05, 0) is 31.5 Å². The summed E-state index contributed by atoms with van der Waals surface area (Å²) in [6.07, 6.45) is 1.74. The zero-order valence-corrected chi connectivity index (χ0v) is 18.1. The van der Waals surface area contributed by atoms with Gasteiger partial charge < -0.3 is 4.90 Å². The Bertz CT molecular complexity index is 1050. The third kappa shape index (κ3) is 4.08. The summed E-state index contributed by atoms with van der Waals surface area (Å²) in [5, 5.41) is 1.87. The Labute approximate surface area is 180 Å². The Morgan fingerprint density at radius 1 is 1.03 bits per heavy atom. The first-order valence-electron chi connectivity index (χ1n) is 10.1. The van der Waals surface area contributed by atoms with Crippen LogP contribution >= 0.6 is 11.3 Å². The lowest BCUT2D eigenvalue weighted by atomic mass is 9.83. The summed E-state index contributed by atoms with van der Waals surface area (Å²) in [6, 6.07) is 15.6. The minimum absolute atomic E-state index is 0.0133.